The van der Waals surface area contributed by atoms with Crippen molar-refractivity contribution in [1.29, 1.82) is 0 Å². The fourth-order valence-electron chi connectivity index (χ4n) is 2.76. The molecule has 0 saturated carbocycles. The minimum absolute atomic E-state index is 0.149. The topological polar surface area (TPSA) is 97.2 Å². The summed E-state index contributed by atoms with van der Waals surface area (Å²) in [5.41, 5.74) is 2.66. The Balaban J connectivity index is 1.49. The Kier molecular flexibility index (Phi) is 5.68. The number of benzene rings is 1. The molecule has 4 aromatic rings. The van der Waals surface area contributed by atoms with E-state index < -0.39 is 5.97 Å². The van der Waals surface area contributed by atoms with Gasteiger partial charge in [-0.2, -0.15) is 0 Å². The van der Waals surface area contributed by atoms with E-state index >= 15 is 0 Å². The Morgan fingerprint density at radius 3 is 2.90 bits per heavy atom. The smallest absolute Gasteiger partial charge is 0.341 e. The van der Waals surface area contributed by atoms with Gasteiger partial charge in [0.1, 0.15) is 16.3 Å². The number of nitrogens with one attached hydrogen (secondary N) is 2. The third-order valence-corrected chi connectivity index (χ3v) is 5.79. The number of H-pyrrole nitrogens is 1. The SMILES string of the molecule is CCOC(=O)c1c(-c2ccco2)csc1NC(=O)CSc1nc2ccccc2[nH]1. The van der Waals surface area contributed by atoms with Crippen molar-refractivity contribution in [3.8, 4) is 11.3 Å². The summed E-state index contributed by atoms with van der Waals surface area (Å²) in [6, 6.07) is 11.2. The van der Waals surface area contributed by atoms with Crippen molar-refractivity contribution in [3.63, 3.8) is 0 Å². The molecule has 0 saturated heterocycles. The van der Waals surface area contributed by atoms with Crippen LogP contribution in [0.2, 0.25) is 0 Å². The number of anilines is 1. The van der Waals surface area contributed by atoms with Crippen molar-refractivity contribution >= 4 is 51.0 Å². The summed E-state index contributed by atoms with van der Waals surface area (Å²) in [6.07, 6.45) is 1.53. The number of thiophene rings is 1. The zero-order valence-electron chi connectivity index (χ0n) is 15.4. The lowest BCUT2D eigenvalue weighted by Gasteiger charge is -2.07. The number of thioether (sulfide) groups is 1. The van der Waals surface area contributed by atoms with Gasteiger partial charge in [-0.15, -0.1) is 11.3 Å². The summed E-state index contributed by atoms with van der Waals surface area (Å²) in [5, 5.41) is 5.68. The summed E-state index contributed by atoms with van der Waals surface area (Å²) < 4.78 is 10.6. The third kappa shape index (κ3) is 4.20. The van der Waals surface area contributed by atoms with Crippen molar-refractivity contribution in [2.75, 3.05) is 17.7 Å². The Labute approximate surface area is 174 Å². The molecule has 29 heavy (non-hydrogen) atoms. The molecule has 0 aliphatic carbocycles. The van der Waals surface area contributed by atoms with E-state index in [-0.39, 0.29) is 18.3 Å². The van der Waals surface area contributed by atoms with Crippen molar-refractivity contribution in [2.24, 2.45) is 0 Å². The molecule has 1 amide bonds. The number of aromatic nitrogens is 2. The molecular weight excluding hydrogens is 410 g/mol. The second kappa shape index (κ2) is 8.54. The van der Waals surface area contributed by atoms with E-state index in [0.717, 1.165) is 11.0 Å². The second-order valence-corrected chi connectivity index (χ2v) is 7.79. The number of furan rings is 1. The number of hydrogen-bond acceptors (Lipinski definition) is 7. The van der Waals surface area contributed by atoms with Crippen LogP contribution in [0.25, 0.3) is 22.4 Å². The van der Waals surface area contributed by atoms with Gasteiger partial charge in [-0.3, -0.25) is 4.79 Å². The van der Waals surface area contributed by atoms with Crippen molar-refractivity contribution in [1.82, 2.24) is 9.97 Å². The second-order valence-electron chi connectivity index (χ2n) is 5.95. The van der Waals surface area contributed by atoms with Crippen LogP contribution in [-0.2, 0) is 9.53 Å². The van der Waals surface area contributed by atoms with Crippen LogP contribution >= 0.6 is 23.1 Å². The third-order valence-electron chi connectivity index (χ3n) is 4.02. The molecular formula is C20H17N3O4S2. The lowest BCUT2D eigenvalue weighted by molar-refractivity contribution is -0.113. The molecule has 0 aliphatic heterocycles. The lowest BCUT2D eigenvalue weighted by Crippen LogP contribution is -2.16. The summed E-state index contributed by atoms with van der Waals surface area (Å²) in [7, 11) is 0. The zero-order chi connectivity index (χ0) is 20.2. The maximum atomic E-state index is 12.5. The first-order valence-corrected chi connectivity index (χ1v) is 10.7. The molecule has 9 heteroatoms. The van der Waals surface area contributed by atoms with Crippen molar-refractivity contribution in [3.05, 3.63) is 53.6 Å². The molecule has 148 valence electrons. The van der Waals surface area contributed by atoms with Crippen LogP contribution in [0.3, 0.4) is 0 Å². The van der Waals surface area contributed by atoms with Gasteiger partial charge in [0.15, 0.2) is 5.16 Å². The summed E-state index contributed by atoms with van der Waals surface area (Å²) in [4.78, 5) is 32.6. The number of hydrogen-bond donors (Lipinski definition) is 2. The number of fused-ring (bicyclic) bond motifs is 1. The highest BCUT2D eigenvalue weighted by Crippen LogP contribution is 2.36. The Bertz CT molecular complexity index is 1110. The molecule has 0 atom stereocenters. The minimum atomic E-state index is -0.500. The molecule has 4 rings (SSSR count). The monoisotopic (exact) mass is 427 g/mol. The predicted octanol–water partition coefficient (Wildman–Crippen LogP) is 4.79. The van der Waals surface area contributed by atoms with Crippen LogP contribution in [0, 0.1) is 0 Å². The van der Waals surface area contributed by atoms with E-state index in [1.54, 1.807) is 24.4 Å². The number of aromatic amines is 1. The fraction of sp³-hybridized carbons (Fsp3) is 0.150. The number of esters is 1. The van der Waals surface area contributed by atoms with Crippen molar-refractivity contribution < 1.29 is 18.7 Å². The largest absolute Gasteiger partial charge is 0.464 e. The molecule has 0 aliphatic rings. The number of rotatable bonds is 7. The first-order chi connectivity index (χ1) is 14.2. The molecule has 0 spiro atoms. The van der Waals surface area contributed by atoms with Gasteiger partial charge in [0, 0.05) is 10.9 Å². The Morgan fingerprint density at radius 2 is 2.14 bits per heavy atom. The van der Waals surface area contributed by atoms with Crippen LogP contribution in [0.15, 0.2) is 57.6 Å². The highest BCUT2D eigenvalue weighted by molar-refractivity contribution is 7.99. The molecule has 7 nitrogen and oxygen atoms in total. The first kappa shape index (κ1) is 19.3. The van der Waals surface area contributed by atoms with E-state index in [1.807, 2.05) is 24.3 Å². The van der Waals surface area contributed by atoms with E-state index in [0.29, 0.717) is 27.0 Å². The number of ether oxygens (including phenoxy) is 1. The van der Waals surface area contributed by atoms with E-state index in [1.165, 1.54) is 29.4 Å². The van der Waals surface area contributed by atoms with Gasteiger partial charge in [-0.05, 0) is 31.2 Å². The standard InChI is InChI=1S/C20H17N3O4S2/c1-2-26-19(25)17-12(15-8-5-9-27-15)10-28-18(17)23-16(24)11-29-20-21-13-6-3-4-7-14(13)22-20/h3-10H,2,11H2,1H3,(H,21,22)(H,23,24). The summed E-state index contributed by atoms with van der Waals surface area (Å²) >= 11 is 2.55. The number of para-hydroxylation sites is 2. The molecule has 0 unspecified atom stereocenters. The highest BCUT2D eigenvalue weighted by atomic mass is 32.2. The Morgan fingerprint density at radius 1 is 1.28 bits per heavy atom. The highest BCUT2D eigenvalue weighted by Gasteiger charge is 2.24. The van der Waals surface area contributed by atoms with Crippen LogP contribution in [0.4, 0.5) is 5.00 Å². The number of amides is 1. The molecule has 3 aromatic heterocycles. The van der Waals surface area contributed by atoms with Crippen molar-refractivity contribution in [2.45, 2.75) is 12.1 Å². The number of imidazole rings is 1. The van der Waals surface area contributed by atoms with Gasteiger partial charge in [-0.1, -0.05) is 23.9 Å². The molecule has 3 heterocycles. The average molecular weight is 428 g/mol. The Hall–Kier alpha value is -3.04. The van der Waals surface area contributed by atoms with Gasteiger partial charge in [-0.25, -0.2) is 9.78 Å². The molecule has 2 N–H and O–H groups in total. The maximum absolute atomic E-state index is 12.5. The molecule has 1 aromatic carbocycles. The van der Waals surface area contributed by atoms with Crippen LogP contribution < -0.4 is 5.32 Å². The first-order valence-electron chi connectivity index (χ1n) is 8.85. The number of nitrogens with zero attached hydrogens (tertiary/aromatic N) is 1. The average Bonchev–Trinajstić information content (AvgIpc) is 3.45. The summed E-state index contributed by atoms with van der Waals surface area (Å²) in [6.45, 7) is 1.97. The van der Waals surface area contributed by atoms with E-state index in [2.05, 4.69) is 15.3 Å². The van der Waals surface area contributed by atoms with E-state index in [9.17, 15) is 9.59 Å². The fourth-order valence-corrected chi connectivity index (χ4v) is 4.40. The minimum Gasteiger partial charge on any atom is -0.464 e. The normalized spacial score (nSPS) is 10.9. The van der Waals surface area contributed by atoms with Gasteiger partial charge >= 0.3 is 5.97 Å². The van der Waals surface area contributed by atoms with Crippen LogP contribution in [-0.4, -0.2) is 34.2 Å². The van der Waals surface area contributed by atoms with Gasteiger partial charge in [0.25, 0.3) is 0 Å². The number of carbonyl (C=O) groups is 2. The molecule has 0 bridgehead atoms. The molecule has 0 fully saturated rings. The number of carbonyl (C=O) groups excluding carboxylic acids is 2. The van der Waals surface area contributed by atoms with Gasteiger partial charge in [0.2, 0.25) is 5.91 Å². The summed E-state index contributed by atoms with van der Waals surface area (Å²) in [5.74, 6) is -0.0496. The van der Waals surface area contributed by atoms with Gasteiger partial charge in [0.05, 0.1) is 29.7 Å². The van der Waals surface area contributed by atoms with Crippen LogP contribution in [0.1, 0.15) is 17.3 Å². The zero-order valence-corrected chi connectivity index (χ0v) is 17.1. The van der Waals surface area contributed by atoms with Gasteiger partial charge < -0.3 is 19.5 Å². The van der Waals surface area contributed by atoms with Crippen LogP contribution in [0.5, 0.6) is 0 Å². The molecule has 0 radical (unpaired) electrons. The maximum Gasteiger partial charge on any atom is 0.341 e. The quantitative estimate of drug-likeness (QED) is 0.325. The van der Waals surface area contributed by atoms with E-state index in [4.69, 9.17) is 9.15 Å². The predicted molar refractivity (Wildman–Crippen MR) is 113 cm³/mol. The lowest BCUT2D eigenvalue weighted by atomic mass is 10.1.